The van der Waals surface area contributed by atoms with Gasteiger partial charge in [-0.3, -0.25) is 4.79 Å². The highest BCUT2D eigenvalue weighted by Gasteiger charge is 2.00. The molecule has 0 heterocycles. The summed E-state index contributed by atoms with van der Waals surface area (Å²) in [5, 5.41) is 11.6. The number of hydrogen-bond donors (Lipinski definition) is 3. The molecule has 0 aliphatic carbocycles. The van der Waals surface area contributed by atoms with Gasteiger partial charge in [-0.25, -0.2) is 0 Å². The fourth-order valence-corrected chi connectivity index (χ4v) is 0.654. The average molecular weight is 160 g/mol. The summed E-state index contributed by atoms with van der Waals surface area (Å²) in [5.41, 5.74) is 5.05. The van der Waals surface area contributed by atoms with Gasteiger partial charge in [0.1, 0.15) is 0 Å². The zero-order valence-electron chi connectivity index (χ0n) is 6.84. The zero-order chi connectivity index (χ0) is 8.69. The van der Waals surface area contributed by atoms with Crippen molar-refractivity contribution in [2.24, 2.45) is 5.73 Å². The van der Waals surface area contributed by atoms with E-state index in [1.165, 1.54) is 0 Å². The van der Waals surface area contributed by atoms with E-state index in [2.05, 4.69) is 5.32 Å². The predicted molar refractivity (Wildman–Crippen MR) is 43.0 cm³/mol. The Morgan fingerprint density at radius 3 is 2.82 bits per heavy atom. The van der Waals surface area contributed by atoms with Crippen LogP contribution in [0.3, 0.4) is 0 Å². The zero-order valence-corrected chi connectivity index (χ0v) is 6.84. The lowest BCUT2D eigenvalue weighted by atomic mass is 10.2. The Labute approximate surface area is 66.8 Å². The Bertz CT molecular complexity index is 117. The molecule has 0 radical (unpaired) electrons. The van der Waals surface area contributed by atoms with Crippen molar-refractivity contribution in [3.05, 3.63) is 0 Å². The maximum atomic E-state index is 10.6. The number of aliphatic hydroxyl groups is 1. The van der Waals surface area contributed by atoms with E-state index in [0.717, 1.165) is 6.42 Å². The first-order valence-electron chi connectivity index (χ1n) is 3.85. The molecule has 66 valence electrons. The van der Waals surface area contributed by atoms with Crippen molar-refractivity contribution in [3.63, 3.8) is 0 Å². The van der Waals surface area contributed by atoms with Gasteiger partial charge in [-0.15, -0.1) is 0 Å². The summed E-state index contributed by atoms with van der Waals surface area (Å²) in [7, 11) is 0. The minimum absolute atomic E-state index is 0.0161. The Morgan fingerprint density at radius 1 is 1.73 bits per heavy atom. The number of amides is 1. The summed E-state index contributed by atoms with van der Waals surface area (Å²) in [5.74, 6) is -0.173. The van der Waals surface area contributed by atoms with E-state index in [1.54, 1.807) is 0 Å². The van der Waals surface area contributed by atoms with Crippen molar-refractivity contribution in [2.75, 3.05) is 13.1 Å². The van der Waals surface area contributed by atoms with E-state index in [-0.39, 0.29) is 18.6 Å². The van der Waals surface area contributed by atoms with Gasteiger partial charge >= 0.3 is 0 Å². The van der Waals surface area contributed by atoms with Crippen LogP contribution in [0.1, 0.15) is 19.8 Å². The van der Waals surface area contributed by atoms with Crippen LogP contribution >= 0.6 is 0 Å². The van der Waals surface area contributed by atoms with Crippen molar-refractivity contribution in [1.82, 2.24) is 5.32 Å². The second-order valence-electron chi connectivity index (χ2n) is 2.40. The van der Waals surface area contributed by atoms with Crippen LogP contribution in [0.15, 0.2) is 0 Å². The molecular formula is C7H16N2O2. The number of nitrogens with two attached hydrogens (primary N) is 1. The Kier molecular flexibility index (Phi) is 5.78. The molecule has 0 aliphatic rings. The highest BCUT2D eigenvalue weighted by Crippen LogP contribution is 1.93. The molecule has 0 aromatic heterocycles. The molecule has 4 heteroatoms. The van der Waals surface area contributed by atoms with Crippen LogP contribution in [-0.4, -0.2) is 30.2 Å². The average Bonchev–Trinajstić information content (AvgIpc) is 2.04. The number of carbonyl (C=O) groups is 1. The molecule has 1 amide bonds. The summed E-state index contributed by atoms with van der Waals surface area (Å²) in [6.45, 7) is 2.42. The van der Waals surface area contributed by atoms with E-state index in [1.807, 2.05) is 6.92 Å². The van der Waals surface area contributed by atoms with Crippen molar-refractivity contribution < 1.29 is 9.90 Å². The van der Waals surface area contributed by atoms with Crippen LogP contribution in [0.4, 0.5) is 0 Å². The SMILES string of the molecule is CCC(O)CCNC(=O)CN. The molecule has 4 N–H and O–H groups in total. The lowest BCUT2D eigenvalue weighted by Gasteiger charge is -2.07. The molecule has 11 heavy (non-hydrogen) atoms. The standard InChI is InChI=1S/C7H16N2O2/c1-2-6(10)3-4-9-7(11)5-8/h6,10H,2-5,8H2,1H3,(H,9,11). The normalized spacial score (nSPS) is 12.6. The van der Waals surface area contributed by atoms with Gasteiger partial charge in [0.15, 0.2) is 0 Å². The molecule has 4 nitrogen and oxygen atoms in total. The molecule has 0 aliphatic heterocycles. The summed E-state index contributed by atoms with van der Waals surface area (Å²) in [6.07, 6.45) is 1.01. The molecule has 0 fully saturated rings. The maximum absolute atomic E-state index is 10.6. The molecule has 0 saturated carbocycles. The van der Waals surface area contributed by atoms with Crippen LogP contribution < -0.4 is 11.1 Å². The third-order valence-electron chi connectivity index (χ3n) is 1.46. The van der Waals surface area contributed by atoms with Gasteiger partial charge in [0, 0.05) is 6.54 Å². The van der Waals surface area contributed by atoms with E-state index in [0.29, 0.717) is 13.0 Å². The Balaban J connectivity index is 3.20. The van der Waals surface area contributed by atoms with Crippen molar-refractivity contribution in [3.8, 4) is 0 Å². The minimum Gasteiger partial charge on any atom is -0.393 e. The van der Waals surface area contributed by atoms with E-state index < -0.39 is 0 Å². The second kappa shape index (κ2) is 6.12. The highest BCUT2D eigenvalue weighted by molar-refractivity contribution is 5.77. The number of nitrogens with one attached hydrogen (secondary N) is 1. The molecule has 0 rings (SSSR count). The summed E-state index contributed by atoms with van der Waals surface area (Å²) >= 11 is 0. The lowest BCUT2D eigenvalue weighted by molar-refractivity contribution is -0.119. The van der Waals surface area contributed by atoms with Gasteiger partial charge in [-0.2, -0.15) is 0 Å². The highest BCUT2D eigenvalue weighted by atomic mass is 16.3. The molecule has 0 aromatic carbocycles. The fraction of sp³-hybridized carbons (Fsp3) is 0.857. The van der Waals surface area contributed by atoms with Gasteiger partial charge < -0.3 is 16.2 Å². The molecule has 1 atom stereocenters. The van der Waals surface area contributed by atoms with Crippen LogP contribution in [-0.2, 0) is 4.79 Å². The predicted octanol–water partition coefficient (Wildman–Crippen LogP) is -0.778. The van der Waals surface area contributed by atoms with Crippen LogP contribution in [0.2, 0.25) is 0 Å². The van der Waals surface area contributed by atoms with Gasteiger partial charge in [-0.1, -0.05) is 6.92 Å². The van der Waals surface area contributed by atoms with Crippen LogP contribution in [0.5, 0.6) is 0 Å². The smallest absolute Gasteiger partial charge is 0.233 e. The third kappa shape index (κ3) is 5.82. The van der Waals surface area contributed by atoms with Gasteiger partial charge in [-0.05, 0) is 12.8 Å². The summed E-state index contributed by atoms with van der Waals surface area (Å²) < 4.78 is 0. The van der Waals surface area contributed by atoms with Crippen molar-refractivity contribution in [2.45, 2.75) is 25.9 Å². The van der Waals surface area contributed by atoms with Gasteiger partial charge in [0.05, 0.1) is 12.6 Å². The lowest BCUT2D eigenvalue weighted by Crippen LogP contribution is -2.32. The largest absolute Gasteiger partial charge is 0.393 e. The van der Waals surface area contributed by atoms with E-state index in [4.69, 9.17) is 10.8 Å². The minimum atomic E-state index is -0.312. The van der Waals surface area contributed by atoms with Crippen LogP contribution in [0, 0.1) is 0 Å². The monoisotopic (exact) mass is 160 g/mol. The maximum Gasteiger partial charge on any atom is 0.233 e. The van der Waals surface area contributed by atoms with Crippen molar-refractivity contribution in [1.29, 1.82) is 0 Å². The molecular weight excluding hydrogens is 144 g/mol. The molecule has 0 aromatic rings. The molecule has 1 unspecified atom stereocenters. The van der Waals surface area contributed by atoms with Crippen molar-refractivity contribution >= 4 is 5.91 Å². The third-order valence-corrected chi connectivity index (χ3v) is 1.46. The number of aliphatic hydroxyl groups excluding tert-OH is 1. The fourth-order valence-electron chi connectivity index (χ4n) is 0.654. The quantitative estimate of drug-likeness (QED) is 0.494. The first kappa shape index (κ1) is 10.4. The van der Waals surface area contributed by atoms with Gasteiger partial charge in [0.25, 0.3) is 0 Å². The number of hydrogen-bond acceptors (Lipinski definition) is 3. The summed E-state index contributed by atoms with van der Waals surface area (Å²) in [6, 6.07) is 0. The molecule has 0 bridgehead atoms. The first-order valence-corrected chi connectivity index (χ1v) is 3.85. The topological polar surface area (TPSA) is 75.3 Å². The number of rotatable bonds is 5. The summed E-state index contributed by atoms with van der Waals surface area (Å²) in [4.78, 5) is 10.6. The molecule has 0 saturated heterocycles. The second-order valence-corrected chi connectivity index (χ2v) is 2.40. The van der Waals surface area contributed by atoms with Crippen LogP contribution in [0.25, 0.3) is 0 Å². The Morgan fingerprint density at radius 2 is 2.36 bits per heavy atom. The number of carbonyl (C=O) groups excluding carboxylic acids is 1. The molecule has 0 spiro atoms. The van der Waals surface area contributed by atoms with Gasteiger partial charge in [0.2, 0.25) is 5.91 Å². The first-order chi connectivity index (χ1) is 5.20. The van der Waals surface area contributed by atoms with E-state index >= 15 is 0 Å². The Hall–Kier alpha value is -0.610. The van der Waals surface area contributed by atoms with E-state index in [9.17, 15) is 4.79 Å².